The maximum atomic E-state index is 11.5. The number of carboxylic acid groups (broad SMARTS) is 1. The molecule has 0 aromatic rings. The smallest absolute Gasteiger partial charge is 0.303 e. The third-order valence-corrected chi connectivity index (χ3v) is 2.90. The van der Waals surface area contributed by atoms with E-state index in [4.69, 9.17) is 5.11 Å². The topological polar surface area (TPSA) is 57.6 Å². The van der Waals surface area contributed by atoms with E-state index < -0.39 is 5.97 Å². The maximum absolute atomic E-state index is 11.5. The minimum absolute atomic E-state index is 0.197. The lowest BCUT2D eigenvalue weighted by molar-refractivity contribution is -0.137. The summed E-state index contributed by atoms with van der Waals surface area (Å²) in [6.07, 6.45) is 5.10. The zero-order valence-electron chi connectivity index (χ0n) is 9.52. The van der Waals surface area contributed by atoms with Crippen LogP contribution in [0, 0.1) is 5.92 Å². The van der Waals surface area contributed by atoms with Gasteiger partial charge in [-0.15, -0.1) is 6.58 Å². The van der Waals surface area contributed by atoms with Crippen molar-refractivity contribution in [3.05, 3.63) is 12.7 Å². The monoisotopic (exact) mass is 225 g/mol. The molecule has 1 fully saturated rings. The summed E-state index contributed by atoms with van der Waals surface area (Å²) in [5.74, 6) is -0.251. The number of carbonyl (C=O) groups is 2. The van der Waals surface area contributed by atoms with Gasteiger partial charge in [0, 0.05) is 31.8 Å². The Balaban J connectivity index is 2.11. The first kappa shape index (κ1) is 12.7. The van der Waals surface area contributed by atoms with Crippen LogP contribution < -0.4 is 0 Å². The van der Waals surface area contributed by atoms with Crippen LogP contribution in [0.2, 0.25) is 0 Å². The highest BCUT2D eigenvalue weighted by Crippen LogP contribution is 2.18. The van der Waals surface area contributed by atoms with E-state index in [9.17, 15) is 9.59 Å². The van der Waals surface area contributed by atoms with Gasteiger partial charge >= 0.3 is 5.97 Å². The van der Waals surface area contributed by atoms with Crippen molar-refractivity contribution in [2.75, 3.05) is 13.1 Å². The van der Waals surface area contributed by atoms with Crippen LogP contribution in [0.15, 0.2) is 12.7 Å². The number of nitrogens with zero attached hydrogens (tertiary/aromatic N) is 1. The van der Waals surface area contributed by atoms with Gasteiger partial charge in [0.1, 0.15) is 0 Å². The Labute approximate surface area is 95.9 Å². The summed E-state index contributed by atoms with van der Waals surface area (Å²) in [5, 5.41) is 8.46. The van der Waals surface area contributed by atoms with E-state index in [1.165, 1.54) is 0 Å². The van der Waals surface area contributed by atoms with Gasteiger partial charge in [-0.25, -0.2) is 0 Å². The average Bonchev–Trinajstić information content (AvgIpc) is 2.59. The number of rotatable bonds is 7. The highest BCUT2D eigenvalue weighted by atomic mass is 16.4. The molecular formula is C12H19NO3. The van der Waals surface area contributed by atoms with E-state index >= 15 is 0 Å². The van der Waals surface area contributed by atoms with Crippen molar-refractivity contribution in [3.63, 3.8) is 0 Å². The van der Waals surface area contributed by atoms with Crippen molar-refractivity contribution < 1.29 is 14.7 Å². The van der Waals surface area contributed by atoms with Gasteiger partial charge in [-0.2, -0.15) is 0 Å². The number of unbranched alkanes of at least 4 members (excludes halogenated alkanes) is 2. The molecule has 0 spiro atoms. The largest absolute Gasteiger partial charge is 0.481 e. The SMILES string of the molecule is C=CC1CC(=O)N(CCCCCC(=O)O)C1. The normalized spacial score (nSPS) is 20.1. The molecule has 1 aliphatic heterocycles. The summed E-state index contributed by atoms with van der Waals surface area (Å²) in [6, 6.07) is 0. The fraction of sp³-hybridized carbons (Fsp3) is 0.667. The predicted octanol–water partition coefficient (Wildman–Crippen LogP) is 1.67. The van der Waals surface area contributed by atoms with Crippen LogP contribution in [-0.4, -0.2) is 35.0 Å². The molecule has 1 N–H and O–H groups in total. The molecule has 4 nitrogen and oxygen atoms in total. The second kappa shape index (κ2) is 6.30. The quantitative estimate of drug-likeness (QED) is 0.529. The summed E-state index contributed by atoms with van der Waals surface area (Å²) < 4.78 is 0. The molecule has 0 bridgehead atoms. The Morgan fingerprint density at radius 3 is 2.81 bits per heavy atom. The zero-order chi connectivity index (χ0) is 12.0. The summed E-state index contributed by atoms with van der Waals surface area (Å²) in [7, 11) is 0. The van der Waals surface area contributed by atoms with Crippen molar-refractivity contribution >= 4 is 11.9 Å². The highest BCUT2D eigenvalue weighted by Gasteiger charge is 2.26. The molecule has 1 unspecified atom stereocenters. The lowest BCUT2D eigenvalue weighted by atomic mass is 10.1. The van der Waals surface area contributed by atoms with Crippen LogP contribution in [0.1, 0.15) is 32.1 Å². The predicted molar refractivity (Wildman–Crippen MR) is 61.0 cm³/mol. The van der Waals surface area contributed by atoms with Crippen LogP contribution in [-0.2, 0) is 9.59 Å². The van der Waals surface area contributed by atoms with Crippen molar-refractivity contribution in [1.82, 2.24) is 4.90 Å². The van der Waals surface area contributed by atoms with Gasteiger partial charge in [-0.05, 0) is 12.8 Å². The molecule has 0 aromatic heterocycles. The summed E-state index contributed by atoms with van der Waals surface area (Å²) >= 11 is 0. The van der Waals surface area contributed by atoms with Crippen LogP contribution >= 0.6 is 0 Å². The molecule has 0 aromatic carbocycles. The zero-order valence-corrected chi connectivity index (χ0v) is 9.52. The molecule has 16 heavy (non-hydrogen) atoms. The van der Waals surface area contributed by atoms with Gasteiger partial charge in [0.05, 0.1) is 0 Å². The Morgan fingerprint density at radius 2 is 2.25 bits per heavy atom. The third kappa shape index (κ3) is 4.04. The van der Waals surface area contributed by atoms with Crippen LogP contribution in [0.4, 0.5) is 0 Å². The second-order valence-corrected chi connectivity index (χ2v) is 4.24. The number of amides is 1. The minimum Gasteiger partial charge on any atom is -0.481 e. The van der Waals surface area contributed by atoms with E-state index in [1.807, 2.05) is 11.0 Å². The molecule has 1 heterocycles. The number of hydrogen-bond donors (Lipinski definition) is 1. The van der Waals surface area contributed by atoms with Crippen LogP contribution in [0.5, 0.6) is 0 Å². The van der Waals surface area contributed by atoms with Gasteiger partial charge in [-0.3, -0.25) is 9.59 Å². The average molecular weight is 225 g/mol. The second-order valence-electron chi connectivity index (χ2n) is 4.24. The molecule has 0 saturated carbocycles. The highest BCUT2D eigenvalue weighted by molar-refractivity contribution is 5.78. The fourth-order valence-electron chi connectivity index (χ4n) is 1.93. The molecular weight excluding hydrogens is 206 g/mol. The Morgan fingerprint density at radius 1 is 1.50 bits per heavy atom. The van der Waals surface area contributed by atoms with Gasteiger partial charge in [0.25, 0.3) is 0 Å². The molecule has 1 amide bonds. The molecule has 1 rings (SSSR count). The van der Waals surface area contributed by atoms with E-state index in [0.717, 1.165) is 25.9 Å². The van der Waals surface area contributed by atoms with E-state index in [1.54, 1.807) is 0 Å². The first-order valence-corrected chi connectivity index (χ1v) is 5.75. The first-order chi connectivity index (χ1) is 7.63. The van der Waals surface area contributed by atoms with E-state index in [2.05, 4.69) is 6.58 Å². The molecule has 1 atom stereocenters. The molecule has 0 aliphatic carbocycles. The molecule has 0 radical (unpaired) electrons. The van der Waals surface area contributed by atoms with Gasteiger partial charge in [-0.1, -0.05) is 12.5 Å². The molecule has 90 valence electrons. The van der Waals surface area contributed by atoms with Crippen molar-refractivity contribution in [3.8, 4) is 0 Å². The standard InChI is InChI=1S/C12H19NO3/c1-2-10-8-11(14)13(9-10)7-5-3-4-6-12(15)16/h2,10H,1,3-9H2,(H,15,16). The van der Waals surface area contributed by atoms with Crippen LogP contribution in [0.25, 0.3) is 0 Å². The summed E-state index contributed by atoms with van der Waals surface area (Å²) in [4.78, 5) is 23.6. The number of hydrogen-bond acceptors (Lipinski definition) is 2. The number of carboxylic acids is 1. The third-order valence-electron chi connectivity index (χ3n) is 2.90. The maximum Gasteiger partial charge on any atom is 0.303 e. The van der Waals surface area contributed by atoms with E-state index in [0.29, 0.717) is 18.8 Å². The van der Waals surface area contributed by atoms with Gasteiger partial charge < -0.3 is 10.0 Å². The van der Waals surface area contributed by atoms with Gasteiger partial charge in [0.2, 0.25) is 5.91 Å². The molecule has 1 aliphatic rings. The Bertz CT molecular complexity index is 275. The molecule has 4 heteroatoms. The number of likely N-dealkylation sites (tertiary alicyclic amines) is 1. The summed E-state index contributed by atoms with van der Waals surface area (Å²) in [5.41, 5.74) is 0. The Kier molecular flexibility index (Phi) is 5.02. The van der Waals surface area contributed by atoms with Gasteiger partial charge in [0.15, 0.2) is 0 Å². The van der Waals surface area contributed by atoms with Crippen molar-refractivity contribution in [2.45, 2.75) is 32.1 Å². The van der Waals surface area contributed by atoms with Crippen molar-refractivity contribution in [2.24, 2.45) is 5.92 Å². The Hall–Kier alpha value is -1.32. The summed E-state index contributed by atoms with van der Waals surface area (Å²) in [6.45, 7) is 5.23. The minimum atomic E-state index is -0.746. The van der Waals surface area contributed by atoms with E-state index in [-0.39, 0.29) is 12.3 Å². The van der Waals surface area contributed by atoms with Crippen LogP contribution in [0.3, 0.4) is 0 Å². The molecule has 1 saturated heterocycles. The lowest BCUT2D eigenvalue weighted by Crippen LogP contribution is -2.26. The number of aliphatic carboxylic acids is 1. The first-order valence-electron chi connectivity index (χ1n) is 5.75. The lowest BCUT2D eigenvalue weighted by Gasteiger charge is -2.15. The van der Waals surface area contributed by atoms with Crippen molar-refractivity contribution in [1.29, 1.82) is 0 Å². The number of carbonyl (C=O) groups excluding carboxylic acids is 1. The fourth-order valence-corrected chi connectivity index (χ4v) is 1.93.